The van der Waals surface area contributed by atoms with Crippen LogP contribution >= 0.6 is 11.6 Å². The molecule has 3 aromatic rings. The summed E-state index contributed by atoms with van der Waals surface area (Å²) in [5, 5.41) is 19.7. The molecule has 1 aromatic carbocycles. The predicted molar refractivity (Wildman–Crippen MR) is 112 cm³/mol. The first-order valence-corrected chi connectivity index (χ1v) is 9.94. The Morgan fingerprint density at radius 2 is 2.00 bits per heavy atom. The van der Waals surface area contributed by atoms with Crippen molar-refractivity contribution in [3.05, 3.63) is 70.9 Å². The second-order valence-electron chi connectivity index (χ2n) is 7.39. The minimum absolute atomic E-state index is 0.0143. The van der Waals surface area contributed by atoms with Gasteiger partial charge in [-0.2, -0.15) is 10.4 Å². The third kappa shape index (κ3) is 4.11. The van der Waals surface area contributed by atoms with Crippen LogP contribution in [0, 0.1) is 16.7 Å². The Morgan fingerprint density at radius 1 is 1.23 bits per heavy atom. The number of carbonyl (C=O) groups is 1. The lowest BCUT2D eigenvalue weighted by molar-refractivity contribution is -0.132. The van der Waals surface area contributed by atoms with Crippen LogP contribution in [0.5, 0.6) is 0 Å². The smallest absolute Gasteiger partial charge is 0.230 e. The Hall–Kier alpha value is -3.44. The van der Waals surface area contributed by atoms with Gasteiger partial charge < -0.3 is 10.2 Å². The number of nitrogens with one attached hydrogen (secondary N) is 2. The van der Waals surface area contributed by atoms with E-state index >= 15 is 0 Å². The van der Waals surface area contributed by atoms with Crippen LogP contribution in [-0.2, 0) is 17.6 Å². The maximum Gasteiger partial charge on any atom is 0.230 e. The number of H-pyrrole nitrogens is 1. The van der Waals surface area contributed by atoms with Crippen LogP contribution in [0.1, 0.15) is 16.8 Å². The molecule has 0 atom stereocenters. The van der Waals surface area contributed by atoms with Crippen LogP contribution in [-0.4, -0.2) is 45.7 Å². The molecule has 1 amide bonds. The fourth-order valence-corrected chi connectivity index (χ4v) is 3.85. The van der Waals surface area contributed by atoms with Crippen LogP contribution in [0.2, 0.25) is 5.02 Å². The fraction of sp³-hybridized carbons (Fsp3) is 0.286. The van der Waals surface area contributed by atoms with Gasteiger partial charge in [0.2, 0.25) is 5.91 Å². The molecule has 1 saturated heterocycles. The summed E-state index contributed by atoms with van der Waals surface area (Å²) in [5.41, 5.74) is 1.71. The molecule has 2 aromatic heterocycles. The maximum absolute atomic E-state index is 13.2. The van der Waals surface area contributed by atoms with Crippen LogP contribution in [0.3, 0.4) is 0 Å². The molecule has 0 aliphatic carbocycles. The summed E-state index contributed by atoms with van der Waals surface area (Å²) in [4.78, 5) is 23.5. The maximum atomic E-state index is 13.2. The average molecular weight is 422 g/mol. The van der Waals surface area contributed by atoms with E-state index in [0.717, 1.165) is 11.1 Å². The lowest BCUT2D eigenvalue weighted by Gasteiger charge is -2.49. The van der Waals surface area contributed by atoms with Crippen molar-refractivity contribution in [2.45, 2.75) is 12.8 Å². The van der Waals surface area contributed by atoms with Gasteiger partial charge in [0.15, 0.2) is 11.5 Å². The van der Waals surface area contributed by atoms with Crippen LogP contribution in [0.4, 0.5) is 5.82 Å². The Bertz CT molecular complexity index is 1050. The highest BCUT2D eigenvalue weighted by atomic mass is 35.5. The monoisotopic (exact) mass is 421 g/mol. The molecule has 152 valence electrons. The third-order valence-electron chi connectivity index (χ3n) is 5.26. The molecule has 0 radical (unpaired) electrons. The summed E-state index contributed by atoms with van der Waals surface area (Å²) in [6, 6.07) is 9.60. The number of aromatic nitrogens is 4. The summed E-state index contributed by atoms with van der Waals surface area (Å²) < 4.78 is 0. The molecule has 8 nitrogen and oxygen atoms in total. The van der Waals surface area contributed by atoms with E-state index in [1.54, 1.807) is 12.4 Å². The Kier molecular flexibility index (Phi) is 5.63. The van der Waals surface area contributed by atoms with E-state index in [0.29, 0.717) is 43.3 Å². The molecule has 9 heteroatoms. The number of amides is 1. The van der Waals surface area contributed by atoms with Crippen LogP contribution in [0.25, 0.3) is 0 Å². The van der Waals surface area contributed by atoms with Gasteiger partial charge >= 0.3 is 0 Å². The van der Waals surface area contributed by atoms with Gasteiger partial charge in [-0.1, -0.05) is 23.7 Å². The summed E-state index contributed by atoms with van der Waals surface area (Å²) >= 11 is 6.01. The normalized spacial score (nSPS) is 14.6. The van der Waals surface area contributed by atoms with E-state index in [4.69, 9.17) is 11.6 Å². The number of carbonyl (C=O) groups excluding carboxylic acids is 1. The van der Waals surface area contributed by atoms with Crippen LogP contribution in [0.15, 0.2) is 49.1 Å². The first-order valence-electron chi connectivity index (χ1n) is 9.56. The number of benzene rings is 1. The zero-order valence-corrected chi connectivity index (χ0v) is 16.9. The first kappa shape index (κ1) is 19.9. The third-order valence-corrected chi connectivity index (χ3v) is 5.51. The van der Waals surface area contributed by atoms with E-state index < -0.39 is 5.41 Å². The largest absolute Gasteiger partial charge is 0.355 e. The summed E-state index contributed by atoms with van der Waals surface area (Å²) in [6.45, 7) is 1.44. The quantitative estimate of drug-likeness (QED) is 0.604. The zero-order chi connectivity index (χ0) is 21.0. The standard InChI is InChI=1S/C21H20ClN7O/c22-17-3-1-15(2-4-17)9-21(20(30)26-6-5-16-11-27-28-12-16)13-29(14-21)19-18(10-23)24-7-8-25-19/h1-4,7-8,11-12H,5-6,9,13-14H2,(H,26,30)(H,27,28). The number of nitriles is 1. The van der Waals surface area contributed by atoms with Crippen molar-refractivity contribution in [3.63, 3.8) is 0 Å². The molecular formula is C21H20ClN7O. The van der Waals surface area contributed by atoms with E-state index in [1.807, 2.05) is 35.4 Å². The lowest BCUT2D eigenvalue weighted by Crippen LogP contribution is -2.65. The van der Waals surface area contributed by atoms with E-state index in [2.05, 4.69) is 31.6 Å². The minimum Gasteiger partial charge on any atom is -0.355 e. The van der Waals surface area contributed by atoms with Crippen molar-refractivity contribution in [1.29, 1.82) is 5.26 Å². The van der Waals surface area contributed by atoms with Gasteiger partial charge in [0.1, 0.15) is 6.07 Å². The molecular weight excluding hydrogens is 402 g/mol. The van der Waals surface area contributed by atoms with Crippen molar-refractivity contribution in [1.82, 2.24) is 25.5 Å². The van der Waals surface area contributed by atoms with Gasteiger partial charge in [-0.3, -0.25) is 9.89 Å². The molecule has 0 bridgehead atoms. The molecule has 0 unspecified atom stereocenters. The Balaban J connectivity index is 1.49. The van der Waals surface area contributed by atoms with E-state index in [9.17, 15) is 10.1 Å². The highest BCUT2D eigenvalue weighted by Gasteiger charge is 2.50. The highest BCUT2D eigenvalue weighted by Crippen LogP contribution is 2.38. The van der Waals surface area contributed by atoms with Gasteiger partial charge in [-0.05, 0) is 36.1 Å². The molecule has 1 aliphatic rings. The SMILES string of the molecule is N#Cc1nccnc1N1CC(Cc2ccc(Cl)cc2)(C(=O)NCCc2cn[nH]c2)C1. The van der Waals surface area contributed by atoms with Crippen molar-refractivity contribution in [2.24, 2.45) is 5.41 Å². The number of aromatic amines is 1. The molecule has 2 N–H and O–H groups in total. The molecule has 30 heavy (non-hydrogen) atoms. The van der Waals surface area contributed by atoms with Crippen molar-refractivity contribution in [3.8, 4) is 6.07 Å². The summed E-state index contributed by atoms with van der Waals surface area (Å²) in [6.07, 6.45) is 7.88. The van der Waals surface area contributed by atoms with Gasteiger partial charge in [-0.25, -0.2) is 9.97 Å². The molecule has 1 aliphatic heterocycles. The van der Waals surface area contributed by atoms with E-state index in [-0.39, 0.29) is 11.6 Å². The molecule has 0 spiro atoms. The zero-order valence-electron chi connectivity index (χ0n) is 16.2. The van der Waals surface area contributed by atoms with Gasteiger partial charge in [-0.15, -0.1) is 0 Å². The molecule has 4 rings (SSSR count). The Labute approximate surface area is 178 Å². The van der Waals surface area contributed by atoms with Crippen molar-refractivity contribution >= 4 is 23.3 Å². The van der Waals surface area contributed by atoms with Crippen LogP contribution < -0.4 is 10.2 Å². The number of rotatable bonds is 7. The number of hydrogen-bond donors (Lipinski definition) is 2. The van der Waals surface area contributed by atoms with Crippen molar-refractivity contribution < 1.29 is 4.79 Å². The second kappa shape index (κ2) is 8.51. The van der Waals surface area contributed by atoms with Gasteiger partial charge in [0, 0.05) is 43.2 Å². The second-order valence-corrected chi connectivity index (χ2v) is 7.83. The number of nitrogens with zero attached hydrogens (tertiary/aromatic N) is 5. The minimum atomic E-state index is -0.617. The predicted octanol–water partition coefficient (Wildman–Crippen LogP) is 2.13. The Morgan fingerprint density at radius 3 is 2.70 bits per heavy atom. The molecule has 0 saturated carbocycles. The number of hydrogen-bond acceptors (Lipinski definition) is 6. The summed E-state index contributed by atoms with van der Waals surface area (Å²) in [7, 11) is 0. The van der Waals surface area contributed by atoms with Gasteiger partial charge in [0.25, 0.3) is 0 Å². The fourth-order valence-electron chi connectivity index (χ4n) is 3.73. The number of halogens is 1. The number of anilines is 1. The average Bonchev–Trinajstić information content (AvgIpc) is 3.25. The molecule has 3 heterocycles. The topological polar surface area (TPSA) is 111 Å². The first-order chi connectivity index (χ1) is 14.6. The van der Waals surface area contributed by atoms with Gasteiger partial charge in [0.05, 0.1) is 11.6 Å². The van der Waals surface area contributed by atoms with Crippen molar-refractivity contribution in [2.75, 3.05) is 24.5 Å². The van der Waals surface area contributed by atoms with E-state index in [1.165, 1.54) is 6.20 Å². The highest BCUT2D eigenvalue weighted by molar-refractivity contribution is 6.30. The molecule has 1 fully saturated rings. The lowest BCUT2D eigenvalue weighted by atomic mass is 9.73. The summed E-state index contributed by atoms with van der Waals surface area (Å²) in [5.74, 6) is 0.498.